The zero-order valence-corrected chi connectivity index (χ0v) is 11.6. The quantitative estimate of drug-likeness (QED) is 0.744. The van der Waals surface area contributed by atoms with Gasteiger partial charge >= 0.3 is 0 Å². The average Bonchev–Trinajstić information content (AvgIpc) is 3.10. The molecule has 1 unspecified atom stereocenters. The Labute approximate surface area is 121 Å². The molecule has 0 radical (unpaired) electrons. The van der Waals surface area contributed by atoms with E-state index in [0.29, 0.717) is 11.6 Å². The van der Waals surface area contributed by atoms with Gasteiger partial charge < -0.3 is 20.3 Å². The SMILES string of the molecule is Cc1cc(O)ccc1NC(=O)c1noc(C2CCCN2)n1. The van der Waals surface area contributed by atoms with Crippen LogP contribution >= 0.6 is 0 Å². The van der Waals surface area contributed by atoms with Gasteiger partial charge in [-0.2, -0.15) is 4.98 Å². The monoisotopic (exact) mass is 288 g/mol. The highest BCUT2D eigenvalue weighted by Crippen LogP contribution is 2.22. The number of anilines is 1. The molecule has 3 N–H and O–H groups in total. The van der Waals surface area contributed by atoms with Crippen LogP contribution in [0.5, 0.6) is 5.75 Å². The van der Waals surface area contributed by atoms with Crippen molar-refractivity contribution in [3.63, 3.8) is 0 Å². The molecule has 1 saturated heterocycles. The number of aromatic hydroxyl groups is 1. The van der Waals surface area contributed by atoms with Gasteiger partial charge in [0.2, 0.25) is 5.89 Å². The van der Waals surface area contributed by atoms with Crippen LogP contribution < -0.4 is 10.6 Å². The zero-order chi connectivity index (χ0) is 14.8. The number of carbonyl (C=O) groups excluding carboxylic acids is 1. The van der Waals surface area contributed by atoms with Gasteiger partial charge in [-0.15, -0.1) is 0 Å². The van der Waals surface area contributed by atoms with E-state index in [4.69, 9.17) is 4.52 Å². The Morgan fingerprint density at radius 1 is 1.52 bits per heavy atom. The summed E-state index contributed by atoms with van der Waals surface area (Å²) in [6, 6.07) is 4.74. The predicted molar refractivity (Wildman–Crippen MR) is 75.1 cm³/mol. The molecule has 3 rings (SSSR count). The van der Waals surface area contributed by atoms with Crippen molar-refractivity contribution in [2.75, 3.05) is 11.9 Å². The summed E-state index contributed by atoms with van der Waals surface area (Å²) in [7, 11) is 0. The van der Waals surface area contributed by atoms with E-state index >= 15 is 0 Å². The molecule has 0 aliphatic carbocycles. The number of rotatable bonds is 3. The minimum Gasteiger partial charge on any atom is -0.508 e. The molecule has 7 nitrogen and oxygen atoms in total. The molecule has 1 fully saturated rings. The molecule has 0 spiro atoms. The fourth-order valence-electron chi connectivity index (χ4n) is 2.33. The fourth-order valence-corrected chi connectivity index (χ4v) is 2.33. The second kappa shape index (κ2) is 5.53. The van der Waals surface area contributed by atoms with Crippen molar-refractivity contribution in [2.45, 2.75) is 25.8 Å². The number of phenolic OH excluding ortho intramolecular Hbond substituents is 1. The van der Waals surface area contributed by atoms with Crippen LogP contribution in [0.2, 0.25) is 0 Å². The summed E-state index contributed by atoms with van der Waals surface area (Å²) in [5.74, 6) is 0.169. The van der Waals surface area contributed by atoms with Crippen molar-refractivity contribution in [1.82, 2.24) is 15.5 Å². The van der Waals surface area contributed by atoms with E-state index in [9.17, 15) is 9.90 Å². The molecule has 1 atom stereocenters. The van der Waals surface area contributed by atoms with Gasteiger partial charge in [-0.3, -0.25) is 4.79 Å². The van der Waals surface area contributed by atoms with Gasteiger partial charge in [-0.05, 0) is 50.1 Å². The van der Waals surface area contributed by atoms with E-state index in [1.165, 1.54) is 6.07 Å². The Hall–Kier alpha value is -2.41. The minimum absolute atomic E-state index is 0.00572. The van der Waals surface area contributed by atoms with Crippen molar-refractivity contribution in [2.24, 2.45) is 0 Å². The van der Waals surface area contributed by atoms with Gasteiger partial charge in [0.1, 0.15) is 5.75 Å². The maximum Gasteiger partial charge on any atom is 0.297 e. The van der Waals surface area contributed by atoms with Crippen LogP contribution in [0.4, 0.5) is 5.69 Å². The van der Waals surface area contributed by atoms with E-state index in [2.05, 4.69) is 20.8 Å². The van der Waals surface area contributed by atoms with Gasteiger partial charge in [0, 0.05) is 5.69 Å². The highest BCUT2D eigenvalue weighted by molar-refractivity contribution is 6.01. The number of benzene rings is 1. The first-order valence-corrected chi connectivity index (χ1v) is 6.81. The summed E-state index contributed by atoms with van der Waals surface area (Å²) < 4.78 is 5.13. The van der Waals surface area contributed by atoms with Gasteiger partial charge in [0.05, 0.1) is 6.04 Å². The standard InChI is InChI=1S/C14H16N4O3/c1-8-7-9(19)4-5-10(8)16-13(20)12-17-14(21-18-12)11-3-2-6-15-11/h4-5,7,11,15,19H,2-3,6H2,1H3,(H,16,20). The number of nitrogens with one attached hydrogen (secondary N) is 2. The molecule has 1 aliphatic rings. The molecule has 7 heteroatoms. The van der Waals surface area contributed by atoms with Crippen LogP contribution in [0.1, 0.15) is 41.0 Å². The molecule has 1 aromatic carbocycles. The third-order valence-electron chi connectivity index (χ3n) is 3.46. The first-order valence-electron chi connectivity index (χ1n) is 6.81. The van der Waals surface area contributed by atoms with Gasteiger partial charge in [0.25, 0.3) is 11.7 Å². The molecule has 21 heavy (non-hydrogen) atoms. The van der Waals surface area contributed by atoms with E-state index in [0.717, 1.165) is 24.9 Å². The van der Waals surface area contributed by atoms with Crippen LogP contribution in [0, 0.1) is 6.92 Å². The van der Waals surface area contributed by atoms with Gasteiger partial charge in [0.15, 0.2) is 0 Å². The maximum atomic E-state index is 12.1. The van der Waals surface area contributed by atoms with Crippen LogP contribution in [-0.4, -0.2) is 27.7 Å². The first kappa shape index (κ1) is 13.6. The number of amides is 1. The van der Waals surface area contributed by atoms with Crippen LogP contribution in [0.15, 0.2) is 22.7 Å². The second-order valence-corrected chi connectivity index (χ2v) is 5.06. The van der Waals surface area contributed by atoms with Crippen molar-refractivity contribution >= 4 is 11.6 Å². The Morgan fingerprint density at radius 3 is 3.10 bits per heavy atom. The molecule has 0 saturated carbocycles. The number of aromatic nitrogens is 2. The lowest BCUT2D eigenvalue weighted by atomic mass is 10.2. The Balaban J connectivity index is 1.73. The molecule has 2 aromatic rings. The van der Waals surface area contributed by atoms with E-state index < -0.39 is 5.91 Å². The lowest BCUT2D eigenvalue weighted by Gasteiger charge is -2.06. The third-order valence-corrected chi connectivity index (χ3v) is 3.46. The first-order chi connectivity index (χ1) is 10.1. The predicted octanol–water partition coefficient (Wildman–Crippen LogP) is 1.76. The fraction of sp³-hybridized carbons (Fsp3) is 0.357. The number of carbonyl (C=O) groups is 1. The molecule has 1 aromatic heterocycles. The summed E-state index contributed by atoms with van der Waals surface area (Å²) in [6.07, 6.45) is 1.99. The third kappa shape index (κ3) is 2.87. The Bertz CT molecular complexity index is 662. The molecule has 1 amide bonds. The van der Waals surface area contributed by atoms with E-state index in [-0.39, 0.29) is 17.6 Å². The summed E-state index contributed by atoms with van der Waals surface area (Å²) in [6.45, 7) is 2.71. The number of hydrogen-bond donors (Lipinski definition) is 3. The maximum absolute atomic E-state index is 12.1. The largest absolute Gasteiger partial charge is 0.508 e. The number of nitrogens with zero attached hydrogens (tertiary/aromatic N) is 2. The lowest BCUT2D eigenvalue weighted by Crippen LogP contribution is -2.16. The van der Waals surface area contributed by atoms with E-state index in [1.54, 1.807) is 19.1 Å². The van der Waals surface area contributed by atoms with Crippen molar-refractivity contribution in [1.29, 1.82) is 0 Å². The normalized spacial score (nSPS) is 17.9. The number of hydrogen-bond acceptors (Lipinski definition) is 6. The average molecular weight is 288 g/mol. The summed E-state index contributed by atoms with van der Waals surface area (Å²) >= 11 is 0. The Morgan fingerprint density at radius 2 is 2.38 bits per heavy atom. The molecule has 1 aliphatic heterocycles. The summed E-state index contributed by atoms with van der Waals surface area (Å²) in [5.41, 5.74) is 1.35. The number of phenols is 1. The smallest absolute Gasteiger partial charge is 0.297 e. The van der Waals surface area contributed by atoms with Crippen LogP contribution in [0.3, 0.4) is 0 Å². The molecule has 110 valence electrons. The summed E-state index contributed by atoms with van der Waals surface area (Å²) in [5, 5.41) is 19.0. The van der Waals surface area contributed by atoms with Crippen molar-refractivity contribution in [3.05, 3.63) is 35.5 Å². The Kier molecular flexibility index (Phi) is 3.57. The van der Waals surface area contributed by atoms with Crippen molar-refractivity contribution < 1.29 is 14.4 Å². The van der Waals surface area contributed by atoms with Crippen molar-refractivity contribution in [3.8, 4) is 5.75 Å². The number of aryl methyl sites for hydroxylation is 1. The van der Waals surface area contributed by atoms with Crippen LogP contribution in [-0.2, 0) is 0 Å². The lowest BCUT2D eigenvalue weighted by molar-refractivity contribution is 0.101. The molecule has 0 bridgehead atoms. The minimum atomic E-state index is -0.434. The van der Waals surface area contributed by atoms with Crippen LogP contribution in [0.25, 0.3) is 0 Å². The highest BCUT2D eigenvalue weighted by Gasteiger charge is 2.24. The topological polar surface area (TPSA) is 100 Å². The highest BCUT2D eigenvalue weighted by atomic mass is 16.5. The van der Waals surface area contributed by atoms with E-state index in [1.807, 2.05) is 0 Å². The molecular formula is C14H16N4O3. The molecule has 2 heterocycles. The van der Waals surface area contributed by atoms with Gasteiger partial charge in [-0.25, -0.2) is 0 Å². The second-order valence-electron chi connectivity index (χ2n) is 5.06. The summed E-state index contributed by atoms with van der Waals surface area (Å²) in [4.78, 5) is 16.2. The molecular weight excluding hydrogens is 272 g/mol. The zero-order valence-electron chi connectivity index (χ0n) is 11.6. The van der Waals surface area contributed by atoms with Gasteiger partial charge in [-0.1, -0.05) is 5.16 Å².